The molecule has 2 aromatic rings. The quantitative estimate of drug-likeness (QED) is 0.653. The molecule has 0 fully saturated rings. The Morgan fingerprint density at radius 2 is 1.88 bits per heavy atom. The number of aromatic nitrogens is 2. The minimum atomic E-state index is -0.774. The van der Waals surface area contributed by atoms with Gasteiger partial charge in [0, 0.05) is 0 Å². The third-order valence-corrected chi connectivity index (χ3v) is 5.19. The fourth-order valence-corrected chi connectivity index (χ4v) is 3.75. The summed E-state index contributed by atoms with van der Waals surface area (Å²) in [4.78, 5) is 47.0. The van der Waals surface area contributed by atoms with Gasteiger partial charge in [0.15, 0.2) is 0 Å². The Bertz CT molecular complexity index is 1250. The van der Waals surface area contributed by atoms with Gasteiger partial charge in [0.25, 0.3) is 5.56 Å². The van der Waals surface area contributed by atoms with Gasteiger partial charge in [0.05, 0.1) is 37.8 Å². The Balaban J connectivity index is 1.90. The van der Waals surface area contributed by atoms with Gasteiger partial charge in [-0.3, -0.25) is 10.2 Å². The number of hydrogen-bond acceptors (Lipinski definition) is 10. The number of ether oxygens (including phenoxy) is 3. The van der Waals surface area contributed by atoms with Crippen LogP contribution in [0.4, 0.5) is 5.95 Å². The summed E-state index contributed by atoms with van der Waals surface area (Å²) in [6, 6.07) is 6.48. The Morgan fingerprint density at radius 1 is 1.15 bits per heavy atom. The predicted molar refractivity (Wildman–Crippen MR) is 118 cm³/mol. The van der Waals surface area contributed by atoms with Crippen LogP contribution in [0.15, 0.2) is 51.5 Å². The molecule has 172 valence electrons. The van der Waals surface area contributed by atoms with E-state index in [9.17, 15) is 14.4 Å². The van der Waals surface area contributed by atoms with Crippen LogP contribution >= 0.6 is 0 Å². The molecule has 3 heterocycles. The van der Waals surface area contributed by atoms with E-state index in [1.807, 2.05) is 6.07 Å². The van der Waals surface area contributed by atoms with E-state index in [0.29, 0.717) is 22.6 Å². The molecule has 1 unspecified atom stereocenters. The Kier molecular flexibility index (Phi) is 5.86. The summed E-state index contributed by atoms with van der Waals surface area (Å²) in [5.41, 5.74) is 3.54. The van der Waals surface area contributed by atoms with E-state index in [2.05, 4.69) is 15.4 Å². The molecule has 0 amide bonds. The molecule has 0 spiro atoms. The first-order chi connectivity index (χ1) is 15.9. The van der Waals surface area contributed by atoms with Crippen molar-refractivity contribution < 1.29 is 23.8 Å². The summed E-state index contributed by atoms with van der Waals surface area (Å²) in [7, 11) is 1.55. The number of aliphatic imine (C=N–C) groups is 1. The van der Waals surface area contributed by atoms with E-state index in [1.165, 1.54) is 4.57 Å². The van der Waals surface area contributed by atoms with Crippen molar-refractivity contribution >= 4 is 23.8 Å². The fraction of sp³-hybridized carbons (Fsp3) is 0.318. The van der Waals surface area contributed by atoms with Crippen LogP contribution in [-0.2, 0) is 14.3 Å². The van der Waals surface area contributed by atoms with Crippen LogP contribution in [0.1, 0.15) is 42.7 Å². The van der Waals surface area contributed by atoms with Crippen molar-refractivity contribution in [2.45, 2.75) is 26.8 Å². The third kappa shape index (κ3) is 3.71. The number of anilines is 1. The number of rotatable bonds is 6. The first kappa shape index (κ1) is 22.1. The maximum atomic E-state index is 13.1. The maximum Gasteiger partial charge on any atom is 0.345 e. The van der Waals surface area contributed by atoms with Gasteiger partial charge in [-0.1, -0.05) is 12.1 Å². The van der Waals surface area contributed by atoms with Crippen molar-refractivity contribution in [2.24, 2.45) is 4.99 Å². The molecule has 2 aliphatic heterocycles. The molecule has 0 saturated carbocycles. The third-order valence-electron chi connectivity index (χ3n) is 5.19. The molecule has 1 aromatic heterocycles. The van der Waals surface area contributed by atoms with E-state index in [-0.39, 0.29) is 30.7 Å². The van der Waals surface area contributed by atoms with E-state index in [0.717, 1.165) is 6.20 Å². The highest BCUT2D eigenvalue weighted by Gasteiger charge is 2.43. The average molecular weight is 453 g/mol. The minimum absolute atomic E-state index is 0.119. The van der Waals surface area contributed by atoms with Crippen LogP contribution in [0, 0.1) is 0 Å². The Morgan fingerprint density at radius 3 is 2.58 bits per heavy atom. The standard InChI is InChI=1S/C22H23N5O6/c1-5-32-19(29)15-11-23-21-25-27-17(13-8-7-9-14(10-13)31-4)16(20(30)33-6-2)12(3)24-22(27)26(21)18(15)28/h7-11,17H,5-6H2,1-4H3,(H,23,25). The average Bonchev–Trinajstić information content (AvgIpc) is 3.17. The molecule has 33 heavy (non-hydrogen) atoms. The van der Waals surface area contributed by atoms with Gasteiger partial charge in [-0.25, -0.2) is 29.1 Å². The van der Waals surface area contributed by atoms with Crippen LogP contribution in [0.5, 0.6) is 5.75 Å². The van der Waals surface area contributed by atoms with Gasteiger partial charge < -0.3 is 14.2 Å². The van der Waals surface area contributed by atoms with E-state index in [1.54, 1.807) is 51.1 Å². The van der Waals surface area contributed by atoms with Crippen molar-refractivity contribution in [3.63, 3.8) is 0 Å². The lowest BCUT2D eigenvalue weighted by molar-refractivity contribution is -0.139. The number of esters is 2. The lowest BCUT2D eigenvalue weighted by Gasteiger charge is -2.33. The van der Waals surface area contributed by atoms with Crippen molar-refractivity contribution in [2.75, 3.05) is 25.7 Å². The molecule has 4 rings (SSSR count). The van der Waals surface area contributed by atoms with E-state index in [4.69, 9.17) is 14.2 Å². The van der Waals surface area contributed by atoms with Crippen LogP contribution in [-0.4, -0.2) is 52.8 Å². The van der Waals surface area contributed by atoms with Crippen molar-refractivity contribution in [1.29, 1.82) is 0 Å². The summed E-state index contributed by atoms with van der Waals surface area (Å²) in [6.45, 7) is 5.34. The zero-order valence-electron chi connectivity index (χ0n) is 18.6. The first-order valence-electron chi connectivity index (χ1n) is 10.4. The normalized spacial score (nSPS) is 16.4. The van der Waals surface area contributed by atoms with Crippen LogP contribution in [0.2, 0.25) is 0 Å². The first-order valence-corrected chi connectivity index (χ1v) is 10.4. The highest BCUT2D eigenvalue weighted by Crippen LogP contribution is 2.39. The minimum Gasteiger partial charge on any atom is -0.497 e. The SMILES string of the molecule is CCOC(=O)C1=C(C)N=C2N(Nc3ncc(C(=O)OCC)c(=O)n32)C1c1cccc(OC)c1. The number of carbonyl (C=O) groups is 2. The molecule has 0 saturated heterocycles. The number of carbonyl (C=O) groups excluding carboxylic acids is 2. The zero-order chi connectivity index (χ0) is 23.7. The summed E-state index contributed by atoms with van der Waals surface area (Å²) < 4.78 is 16.8. The largest absolute Gasteiger partial charge is 0.497 e. The molecular formula is C22H23N5O6. The lowest BCUT2D eigenvalue weighted by atomic mass is 9.95. The van der Waals surface area contributed by atoms with Crippen LogP contribution in [0.3, 0.4) is 0 Å². The summed E-state index contributed by atoms with van der Waals surface area (Å²) in [5.74, 6) is -0.390. The van der Waals surface area contributed by atoms with Gasteiger partial charge >= 0.3 is 11.9 Å². The highest BCUT2D eigenvalue weighted by molar-refractivity contribution is 5.99. The number of allylic oxidation sites excluding steroid dienone is 1. The monoisotopic (exact) mass is 453 g/mol. The zero-order valence-corrected chi connectivity index (χ0v) is 18.6. The van der Waals surface area contributed by atoms with E-state index < -0.39 is 23.5 Å². The number of hydrogen-bond donors (Lipinski definition) is 1. The number of benzene rings is 1. The predicted octanol–water partition coefficient (Wildman–Crippen LogP) is 1.87. The number of methoxy groups -OCH3 is 1. The molecule has 1 N–H and O–H groups in total. The number of nitrogens with zero attached hydrogens (tertiary/aromatic N) is 4. The molecular weight excluding hydrogens is 430 g/mol. The van der Waals surface area contributed by atoms with Crippen molar-refractivity contribution in [3.05, 3.63) is 63.2 Å². The fourth-order valence-electron chi connectivity index (χ4n) is 3.75. The van der Waals surface area contributed by atoms with Gasteiger partial charge in [0.1, 0.15) is 17.4 Å². The summed E-state index contributed by atoms with van der Waals surface area (Å²) in [5, 5.41) is 1.55. The smallest absolute Gasteiger partial charge is 0.345 e. The van der Waals surface area contributed by atoms with Gasteiger partial charge in [0.2, 0.25) is 11.9 Å². The van der Waals surface area contributed by atoms with Gasteiger partial charge in [-0.05, 0) is 38.5 Å². The highest BCUT2D eigenvalue weighted by atomic mass is 16.5. The van der Waals surface area contributed by atoms with Crippen molar-refractivity contribution in [3.8, 4) is 5.75 Å². The van der Waals surface area contributed by atoms with Gasteiger partial charge in [-0.2, -0.15) is 0 Å². The second kappa shape index (κ2) is 8.77. The van der Waals surface area contributed by atoms with E-state index >= 15 is 0 Å². The molecule has 0 radical (unpaired) electrons. The Labute approximate surface area is 189 Å². The second-order valence-electron chi connectivity index (χ2n) is 7.15. The molecule has 0 aliphatic carbocycles. The topological polar surface area (TPSA) is 124 Å². The summed E-state index contributed by atoms with van der Waals surface area (Å²) >= 11 is 0. The number of hydrazine groups is 1. The van der Waals surface area contributed by atoms with Crippen molar-refractivity contribution in [1.82, 2.24) is 14.6 Å². The molecule has 0 bridgehead atoms. The Hall–Kier alpha value is -4.15. The molecule has 11 nitrogen and oxygen atoms in total. The molecule has 1 aromatic carbocycles. The molecule has 1 atom stereocenters. The maximum absolute atomic E-state index is 13.1. The molecule has 2 aliphatic rings. The number of nitrogens with one attached hydrogen (secondary N) is 1. The van der Waals surface area contributed by atoms with Crippen LogP contribution < -0.4 is 15.7 Å². The molecule has 11 heteroatoms. The number of fused-ring (bicyclic) bond motifs is 3. The summed E-state index contributed by atoms with van der Waals surface area (Å²) in [6.07, 6.45) is 1.16. The van der Waals surface area contributed by atoms with Gasteiger partial charge in [-0.15, -0.1) is 0 Å². The second-order valence-corrected chi connectivity index (χ2v) is 7.15. The lowest BCUT2D eigenvalue weighted by Crippen LogP contribution is -2.43. The van der Waals surface area contributed by atoms with Crippen LogP contribution in [0.25, 0.3) is 0 Å².